The molecule has 3 rings (SSSR count). The highest BCUT2D eigenvalue weighted by molar-refractivity contribution is 5.83. The monoisotopic (exact) mass is 376 g/mol. The van der Waals surface area contributed by atoms with Crippen molar-refractivity contribution in [2.75, 3.05) is 7.11 Å². The van der Waals surface area contributed by atoms with Crippen molar-refractivity contribution >= 4 is 12.1 Å². The Kier molecular flexibility index (Phi) is 5.96. The fourth-order valence-corrected chi connectivity index (χ4v) is 2.62. The zero-order chi connectivity index (χ0) is 19.9. The van der Waals surface area contributed by atoms with Gasteiger partial charge in [-0.15, -0.1) is 0 Å². The van der Waals surface area contributed by atoms with Crippen molar-refractivity contribution in [3.05, 3.63) is 81.8 Å². The number of hydrogen-bond donors (Lipinski definition) is 2. The van der Waals surface area contributed by atoms with Gasteiger partial charge in [-0.1, -0.05) is 30.3 Å². The smallest absolute Gasteiger partial charge is 0.255 e. The Bertz CT molecular complexity index is 1040. The topological polar surface area (TPSA) is 96.4 Å². The summed E-state index contributed by atoms with van der Waals surface area (Å²) >= 11 is 0. The average Bonchev–Trinajstić information content (AvgIpc) is 2.72. The summed E-state index contributed by atoms with van der Waals surface area (Å²) < 4.78 is 5.08. The van der Waals surface area contributed by atoms with Crippen LogP contribution < -0.4 is 15.7 Å². The van der Waals surface area contributed by atoms with Crippen LogP contribution >= 0.6 is 0 Å². The molecule has 2 aromatic carbocycles. The van der Waals surface area contributed by atoms with Crippen molar-refractivity contribution < 1.29 is 9.53 Å². The molecule has 0 atom stereocenters. The highest BCUT2D eigenvalue weighted by Gasteiger charge is 2.13. The molecule has 1 heterocycles. The molecule has 0 aliphatic heterocycles. The number of aromatic amines is 1. The molecule has 2 N–H and O–H groups in total. The summed E-state index contributed by atoms with van der Waals surface area (Å²) in [6.45, 7) is 1.71. The van der Waals surface area contributed by atoms with Crippen LogP contribution in [-0.4, -0.2) is 29.2 Å². The number of ether oxygens (including phenoxy) is 1. The molecule has 0 aliphatic rings. The van der Waals surface area contributed by atoms with E-state index in [2.05, 4.69) is 20.5 Å². The Morgan fingerprint density at radius 1 is 1.18 bits per heavy atom. The quantitative estimate of drug-likeness (QED) is 0.510. The molecular weight excluding hydrogens is 356 g/mol. The van der Waals surface area contributed by atoms with Gasteiger partial charge >= 0.3 is 0 Å². The van der Waals surface area contributed by atoms with Crippen LogP contribution in [0.2, 0.25) is 0 Å². The van der Waals surface area contributed by atoms with Gasteiger partial charge in [0.25, 0.3) is 5.56 Å². The predicted octanol–water partition coefficient (Wildman–Crippen LogP) is 2.45. The molecule has 1 aromatic heterocycles. The normalized spacial score (nSPS) is 10.8. The zero-order valence-corrected chi connectivity index (χ0v) is 15.6. The number of nitrogens with one attached hydrogen (secondary N) is 2. The maximum atomic E-state index is 12.4. The number of carbonyl (C=O) groups excluding carboxylic acids is 1. The number of methoxy groups -OCH3 is 1. The summed E-state index contributed by atoms with van der Waals surface area (Å²) in [6.07, 6.45) is 1.41. The second kappa shape index (κ2) is 8.77. The van der Waals surface area contributed by atoms with E-state index in [1.165, 1.54) is 6.21 Å². The fourth-order valence-electron chi connectivity index (χ4n) is 2.62. The van der Waals surface area contributed by atoms with E-state index in [0.29, 0.717) is 17.1 Å². The zero-order valence-electron chi connectivity index (χ0n) is 15.6. The SMILES string of the molecule is COc1ccc(/C=N/NC(=O)Cc2c(C)nc(-c3ccccc3)[nH]c2=O)cc1. The number of H-pyrrole nitrogens is 1. The summed E-state index contributed by atoms with van der Waals surface area (Å²) in [4.78, 5) is 31.7. The van der Waals surface area contributed by atoms with Gasteiger partial charge in [0.1, 0.15) is 11.6 Å². The van der Waals surface area contributed by atoms with E-state index < -0.39 is 5.91 Å². The molecule has 0 saturated heterocycles. The first kappa shape index (κ1) is 19.0. The minimum atomic E-state index is -0.396. The predicted molar refractivity (Wildman–Crippen MR) is 107 cm³/mol. The highest BCUT2D eigenvalue weighted by Crippen LogP contribution is 2.14. The van der Waals surface area contributed by atoms with Gasteiger partial charge in [0.2, 0.25) is 5.91 Å². The molecule has 0 saturated carbocycles. The minimum Gasteiger partial charge on any atom is -0.497 e. The molecule has 0 fully saturated rings. The Morgan fingerprint density at radius 2 is 1.89 bits per heavy atom. The third kappa shape index (κ3) is 4.70. The summed E-state index contributed by atoms with van der Waals surface area (Å²) in [5, 5.41) is 3.92. The molecule has 142 valence electrons. The number of benzene rings is 2. The maximum Gasteiger partial charge on any atom is 0.255 e. The van der Waals surface area contributed by atoms with Gasteiger partial charge in [-0.2, -0.15) is 5.10 Å². The van der Waals surface area contributed by atoms with E-state index in [0.717, 1.165) is 16.9 Å². The number of aromatic nitrogens is 2. The van der Waals surface area contributed by atoms with Crippen LogP contribution in [-0.2, 0) is 11.2 Å². The van der Waals surface area contributed by atoms with Crippen LogP contribution in [0, 0.1) is 6.92 Å². The van der Waals surface area contributed by atoms with Crippen molar-refractivity contribution in [3.8, 4) is 17.1 Å². The van der Waals surface area contributed by atoms with Gasteiger partial charge in [0.15, 0.2) is 0 Å². The third-order valence-electron chi connectivity index (χ3n) is 4.13. The lowest BCUT2D eigenvalue weighted by atomic mass is 10.1. The molecule has 0 aliphatic carbocycles. The first-order chi connectivity index (χ1) is 13.6. The number of nitrogens with zero attached hydrogens (tertiary/aromatic N) is 2. The lowest BCUT2D eigenvalue weighted by molar-refractivity contribution is -0.120. The van der Waals surface area contributed by atoms with E-state index in [1.807, 2.05) is 42.5 Å². The van der Waals surface area contributed by atoms with Crippen LogP contribution in [0.3, 0.4) is 0 Å². The van der Waals surface area contributed by atoms with Gasteiger partial charge in [-0.3, -0.25) is 9.59 Å². The highest BCUT2D eigenvalue weighted by atomic mass is 16.5. The van der Waals surface area contributed by atoms with Crippen molar-refractivity contribution in [3.63, 3.8) is 0 Å². The summed E-state index contributed by atoms with van der Waals surface area (Å²) in [5.74, 6) is 0.819. The number of amides is 1. The molecule has 1 amide bonds. The summed E-state index contributed by atoms with van der Waals surface area (Å²) in [6, 6.07) is 16.6. The summed E-state index contributed by atoms with van der Waals surface area (Å²) in [5.41, 5.74) is 4.54. The lowest BCUT2D eigenvalue weighted by Gasteiger charge is -2.07. The van der Waals surface area contributed by atoms with E-state index >= 15 is 0 Å². The Hall–Kier alpha value is -3.74. The number of hydrogen-bond acceptors (Lipinski definition) is 5. The van der Waals surface area contributed by atoms with Crippen molar-refractivity contribution in [1.29, 1.82) is 0 Å². The Morgan fingerprint density at radius 3 is 2.54 bits per heavy atom. The second-order valence-corrected chi connectivity index (χ2v) is 6.09. The van der Waals surface area contributed by atoms with Gasteiger partial charge in [0, 0.05) is 16.8 Å². The van der Waals surface area contributed by atoms with Crippen molar-refractivity contribution in [1.82, 2.24) is 15.4 Å². The van der Waals surface area contributed by atoms with Crippen LogP contribution in [0.15, 0.2) is 64.5 Å². The molecule has 0 spiro atoms. The Labute approximate surface area is 162 Å². The summed E-state index contributed by atoms with van der Waals surface area (Å²) in [7, 11) is 1.59. The van der Waals surface area contributed by atoms with Crippen LogP contribution in [0.5, 0.6) is 5.75 Å². The van der Waals surface area contributed by atoms with Crippen molar-refractivity contribution in [2.45, 2.75) is 13.3 Å². The van der Waals surface area contributed by atoms with Crippen LogP contribution in [0.4, 0.5) is 0 Å². The standard InChI is InChI=1S/C21H20N4O3/c1-14-18(21(27)24-20(23-14)16-6-4-3-5-7-16)12-19(26)25-22-13-15-8-10-17(28-2)11-9-15/h3-11,13H,12H2,1-2H3,(H,25,26)(H,23,24,27)/b22-13+. The molecule has 3 aromatic rings. The minimum absolute atomic E-state index is 0.108. The van der Waals surface area contributed by atoms with Crippen molar-refractivity contribution in [2.24, 2.45) is 5.10 Å². The molecule has 0 bridgehead atoms. The first-order valence-electron chi connectivity index (χ1n) is 8.68. The van der Waals surface area contributed by atoms with Gasteiger partial charge in [0.05, 0.1) is 19.7 Å². The van der Waals surface area contributed by atoms with E-state index in [4.69, 9.17) is 4.74 Å². The molecule has 28 heavy (non-hydrogen) atoms. The molecule has 0 radical (unpaired) electrons. The van der Waals surface area contributed by atoms with Gasteiger partial charge in [-0.25, -0.2) is 10.4 Å². The lowest BCUT2D eigenvalue weighted by Crippen LogP contribution is -2.26. The number of carbonyl (C=O) groups is 1. The average molecular weight is 376 g/mol. The van der Waals surface area contributed by atoms with E-state index in [-0.39, 0.29) is 12.0 Å². The number of aryl methyl sites for hydroxylation is 1. The number of hydrazone groups is 1. The second-order valence-electron chi connectivity index (χ2n) is 6.09. The van der Waals surface area contributed by atoms with Crippen LogP contribution in [0.25, 0.3) is 11.4 Å². The largest absolute Gasteiger partial charge is 0.497 e. The van der Waals surface area contributed by atoms with E-state index in [1.54, 1.807) is 26.2 Å². The fraction of sp³-hybridized carbons (Fsp3) is 0.143. The van der Waals surface area contributed by atoms with Gasteiger partial charge < -0.3 is 9.72 Å². The van der Waals surface area contributed by atoms with Gasteiger partial charge in [-0.05, 0) is 36.8 Å². The maximum absolute atomic E-state index is 12.4. The number of rotatable bonds is 6. The Balaban J connectivity index is 1.66. The first-order valence-corrected chi connectivity index (χ1v) is 8.68. The molecule has 7 heteroatoms. The molecule has 0 unspecified atom stereocenters. The third-order valence-corrected chi connectivity index (χ3v) is 4.13. The van der Waals surface area contributed by atoms with E-state index in [9.17, 15) is 9.59 Å². The van der Waals surface area contributed by atoms with Crippen LogP contribution in [0.1, 0.15) is 16.8 Å². The molecular formula is C21H20N4O3. The molecule has 7 nitrogen and oxygen atoms in total.